The molecule has 0 unspecified atom stereocenters. The number of carbonyl (C=O) groups is 1. The molecule has 3 heterocycles. The van der Waals surface area contributed by atoms with E-state index in [9.17, 15) is 4.79 Å². The number of pyridine rings is 1. The molecule has 3 aromatic rings. The van der Waals surface area contributed by atoms with Crippen molar-refractivity contribution in [2.75, 3.05) is 5.32 Å². The molecule has 0 aliphatic heterocycles. The summed E-state index contributed by atoms with van der Waals surface area (Å²) in [6.45, 7) is 1.93. The molecule has 2 N–H and O–H groups in total. The third-order valence-electron chi connectivity index (χ3n) is 2.83. The predicted octanol–water partition coefficient (Wildman–Crippen LogP) is 1.20. The van der Waals surface area contributed by atoms with Crippen molar-refractivity contribution >= 4 is 11.6 Å². The summed E-state index contributed by atoms with van der Waals surface area (Å²) in [6.07, 6.45) is 5.71. The lowest BCUT2D eigenvalue weighted by Crippen LogP contribution is -2.16. The Bertz CT molecular complexity index is 747. The number of rotatable bonds is 4. The molecule has 21 heavy (non-hydrogen) atoms. The molecule has 8 heteroatoms. The van der Waals surface area contributed by atoms with Crippen LogP contribution in [0.3, 0.4) is 0 Å². The first kappa shape index (κ1) is 13.0. The fourth-order valence-corrected chi connectivity index (χ4v) is 1.80. The molecule has 1 amide bonds. The SMILES string of the molecule is CCc1nc(C(=O)Nc2cccnc2-n2cccn2)n[nH]1. The summed E-state index contributed by atoms with van der Waals surface area (Å²) in [5, 5.41) is 13.4. The summed E-state index contributed by atoms with van der Waals surface area (Å²) in [4.78, 5) is 20.5. The Morgan fingerprint density at radius 2 is 2.29 bits per heavy atom. The third kappa shape index (κ3) is 2.64. The highest BCUT2D eigenvalue weighted by Gasteiger charge is 2.15. The van der Waals surface area contributed by atoms with Crippen molar-refractivity contribution in [2.24, 2.45) is 0 Å². The summed E-state index contributed by atoms with van der Waals surface area (Å²) < 4.78 is 1.57. The molecule has 0 atom stereocenters. The molecule has 0 bridgehead atoms. The minimum Gasteiger partial charge on any atom is -0.316 e. The van der Waals surface area contributed by atoms with E-state index in [1.165, 1.54) is 0 Å². The van der Waals surface area contributed by atoms with Gasteiger partial charge in [-0.05, 0) is 18.2 Å². The Morgan fingerprint density at radius 3 is 3.00 bits per heavy atom. The van der Waals surface area contributed by atoms with E-state index >= 15 is 0 Å². The van der Waals surface area contributed by atoms with Crippen LogP contribution in [0.4, 0.5) is 5.69 Å². The van der Waals surface area contributed by atoms with E-state index in [2.05, 4.69) is 30.6 Å². The smallest absolute Gasteiger partial charge is 0.295 e. The molecule has 106 valence electrons. The topological polar surface area (TPSA) is 101 Å². The van der Waals surface area contributed by atoms with Crippen LogP contribution < -0.4 is 5.32 Å². The second kappa shape index (κ2) is 5.53. The fourth-order valence-electron chi connectivity index (χ4n) is 1.80. The quantitative estimate of drug-likeness (QED) is 0.749. The molecular weight excluding hydrogens is 270 g/mol. The van der Waals surface area contributed by atoms with Crippen LogP contribution in [0.5, 0.6) is 0 Å². The number of nitrogens with one attached hydrogen (secondary N) is 2. The number of aromatic amines is 1. The first-order valence-corrected chi connectivity index (χ1v) is 6.45. The molecule has 8 nitrogen and oxygen atoms in total. The van der Waals surface area contributed by atoms with Gasteiger partial charge in [0.05, 0.1) is 5.69 Å². The van der Waals surface area contributed by atoms with Crippen molar-refractivity contribution in [2.45, 2.75) is 13.3 Å². The standard InChI is InChI=1S/C13H13N7O/c1-2-10-17-11(19-18-10)13(21)16-9-5-3-6-14-12(9)20-8-4-7-15-20/h3-8H,2H2,1H3,(H,16,21)(H,17,18,19). The molecule has 3 aromatic heterocycles. The Labute approximate surface area is 120 Å². The molecule has 3 rings (SSSR count). The highest BCUT2D eigenvalue weighted by atomic mass is 16.2. The maximum atomic E-state index is 12.2. The molecule has 0 aromatic carbocycles. The van der Waals surface area contributed by atoms with Gasteiger partial charge in [0.2, 0.25) is 5.82 Å². The van der Waals surface area contributed by atoms with Gasteiger partial charge in [0.25, 0.3) is 5.91 Å². The van der Waals surface area contributed by atoms with Gasteiger partial charge in [-0.1, -0.05) is 6.92 Å². The average Bonchev–Trinajstić information content (AvgIpc) is 3.19. The van der Waals surface area contributed by atoms with Crippen LogP contribution in [0.25, 0.3) is 5.82 Å². The lowest BCUT2D eigenvalue weighted by Gasteiger charge is -2.08. The second-order valence-electron chi connectivity index (χ2n) is 4.24. The van der Waals surface area contributed by atoms with Crippen LogP contribution in [0.1, 0.15) is 23.4 Å². The Balaban J connectivity index is 1.86. The summed E-state index contributed by atoms with van der Waals surface area (Å²) in [5.74, 6) is 0.898. The average molecular weight is 283 g/mol. The van der Waals surface area contributed by atoms with Gasteiger partial charge in [-0.15, -0.1) is 5.10 Å². The predicted molar refractivity (Wildman–Crippen MR) is 75.1 cm³/mol. The zero-order valence-electron chi connectivity index (χ0n) is 11.3. The third-order valence-corrected chi connectivity index (χ3v) is 2.83. The molecule has 0 spiro atoms. The largest absolute Gasteiger partial charge is 0.316 e. The van der Waals surface area contributed by atoms with E-state index in [1.54, 1.807) is 41.5 Å². The first-order valence-electron chi connectivity index (χ1n) is 6.45. The monoisotopic (exact) mass is 283 g/mol. The van der Waals surface area contributed by atoms with Crippen LogP contribution in [0.15, 0.2) is 36.8 Å². The summed E-state index contributed by atoms with van der Waals surface area (Å²) in [7, 11) is 0. The molecule has 0 aliphatic rings. The number of carbonyl (C=O) groups excluding carboxylic acids is 1. The zero-order chi connectivity index (χ0) is 14.7. The summed E-state index contributed by atoms with van der Waals surface area (Å²) in [6, 6.07) is 5.26. The van der Waals surface area contributed by atoms with Gasteiger partial charge in [0, 0.05) is 25.0 Å². The van der Waals surface area contributed by atoms with Crippen molar-refractivity contribution in [3.8, 4) is 5.82 Å². The highest BCUT2D eigenvalue weighted by Crippen LogP contribution is 2.16. The van der Waals surface area contributed by atoms with Gasteiger partial charge >= 0.3 is 0 Å². The van der Waals surface area contributed by atoms with Gasteiger partial charge in [-0.25, -0.2) is 14.6 Å². The number of hydrogen-bond donors (Lipinski definition) is 2. The first-order chi connectivity index (χ1) is 10.3. The van der Waals surface area contributed by atoms with Crippen molar-refractivity contribution in [3.05, 3.63) is 48.4 Å². The molecular formula is C13H13N7O. The Hall–Kier alpha value is -3.03. The second-order valence-corrected chi connectivity index (χ2v) is 4.24. The number of hydrogen-bond acceptors (Lipinski definition) is 5. The van der Waals surface area contributed by atoms with Crippen LogP contribution in [-0.2, 0) is 6.42 Å². The van der Waals surface area contributed by atoms with E-state index in [0.29, 0.717) is 23.8 Å². The molecule has 0 fully saturated rings. The van der Waals surface area contributed by atoms with Crippen molar-refractivity contribution in [1.82, 2.24) is 29.9 Å². The maximum absolute atomic E-state index is 12.2. The Kier molecular flexibility index (Phi) is 3.42. The van der Waals surface area contributed by atoms with Crippen molar-refractivity contribution in [1.29, 1.82) is 0 Å². The Morgan fingerprint density at radius 1 is 1.38 bits per heavy atom. The van der Waals surface area contributed by atoms with Crippen LogP contribution in [0, 0.1) is 0 Å². The number of aryl methyl sites for hydroxylation is 1. The minimum absolute atomic E-state index is 0.0992. The van der Waals surface area contributed by atoms with E-state index in [4.69, 9.17) is 0 Å². The number of aromatic nitrogens is 6. The van der Waals surface area contributed by atoms with Crippen LogP contribution in [0.2, 0.25) is 0 Å². The van der Waals surface area contributed by atoms with E-state index in [0.717, 1.165) is 0 Å². The van der Waals surface area contributed by atoms with Crippen LogP contribution in [-0.4, -0.2) is 35.9 Å². The molecule has 0 saturated carbocycles. The van der Waals surface area contributed by atoms with E-state index in [1.807, 2.05) is 6.92 Å². The van der Waals surface area contributed by atoms with Gasteiger partial charge in [0.15, 0.2) is 5.82 Å². The van der Waals surface area contributed by atoms with Crippen LogP contribution >= 0.6 is 0 Å². The molecule has 0 saturated heterocycles. The fraction of sp³-hybridized carbons (Fsp3) is 0.154. The lowest BCUT2D eigenvalue weighted by molar-refractivity contribution is 0.101. The molecule has 0 radical (unpaired) electrons. The normalized spacial score (nSPS) is 10.5. The zero-order valence-corrected chi connectivity index (χ0v) is 11.3. The number of H-pyrrole nitrogens is 1. The number of amides is 1. The van der Waals surface area contributed by atoms with Gasteiger partial charge < -0.3 is 5.32 Å². The van der Waals surface area contributed by atoms with E-state index < -0.39 is 5.91 Å². The van der Waals surface area contributed by atoms with Gasteiger partial charge in [-0.3, -0.25) is 9.89 Å². The maximum Gasteiger partial charge on any atom is 0.295 e. The summed E-state index contributed by atoms with van der Waals surface area (Å²) in [5.41, 5.74) is 0.536. The van der Waals surface area contributed by atoms with Gasteiger partial charge in [-0.2, -0.15) is 5.10 Å². The summed E-state index contributed by atoms with van der Waals surface area (Å²) >= 11 is 0. The van der Waals surface area contributed by atoms with E-state index in [-0.39, 0.29) is 5.82 Å². The number of anilines is 1. The molecule has 0 aliphatic carbocycles. The van der Waals surface area contributed by atoms with Gasteiger partial charge in [0.1, 0.15) is 5.82 Å². The lowest BCUT2D eigenvalue weighted by atomic mass is 10.3. The van der Waals surface area contributed by atoms with Crippen molar-refractivity contribution < 1.29 is 4.79 Å². The minimum atomic E-state index is -0.396. The highest BCUT2D eigenvalue weighted by molar-refractivity contribution is 6.02. The van der Waals surface area contributed by atoms with Crippen molar-refractivity contribution in [3.63, 3.8) is 0 Å². The number of nitrogens with zero attached hydrogens (tertiary/aromatic N) is 5.